The number of hydrogen-bond acceptors (Lipinski definition) is 3. The predicted octanol–water partition coefficient (Wildman–Crippen LogP) is 1.37. The minimum absolute atomic E-state index is 0.0372. The van der Waals surface area contributed by atoms with Gasteiger partial charge in [-0.3, -0.25) is 4.79 Å². The average molecular weight is 292 g/mol. The van der Waals surface area contributed by atoms with Crippen molar-refractivity contribution >= 4 is 16.9 Å². The van der Waals surface area contributed by atoms with Crippen molar-refractivity contribution in [3.8, 4) is 0 Å². The van der Waals surface area contributed by atoms with Gasteiger partial charge in [0.1, 0.15) is 11.3 Å². The first-order chi connectivity index (χ1) is 10.1. The van der Waals surface area contributed by atoms with Crippen LogP contribution in [0.25, 0.3) is 11.0 Å². The van der Waals surface area contributed by atoms with Gasteiger partial charge in [0.05, 0.1) is 5.52 Å². The quantitative estimate of drug-likeness (QED) is 0.758. The summed E-state index contributed by atoms with van der Waals surface area (Å²) in [6.07, 6.45) is 1.92. The highest BCUT2D eigenvalue weighted by atomic mass is 19.1. The fourth-order valence-electron chi connectivity index (χ4n) is 2.28. The topological polar surface area (TPSA) is 59.0 Å². The van der Waals surface area contributed by atoms with Crippen LogP contribution in [-0.4, -0.2) is 35.6 Å². The van der Waals surface area contributed by atoms with Gasteiger partial charge in [0, 0.05) is 26.4 Å². The molecule has 0 spiro atoms. The van der Waals surface area contributed by atoms with Crippen LogP contribution in [0.5, 0.6) is 0 Å². The van der Waals surface area contributed by atoms with E-state index in [1.807, 2.05) is 24.7 Å². The molecule has 2 rings (SSSR count). The van der Waals surface area contributed by atoms with Crippen molar-refractivity contribution in [1.82, 2.24) is 20.2 Å². The maximum Gasteiger partial charge on any atom is 0.220 e. The summed E-state index contributed by atoms with van der Waals surface area (Å²) in [6.45, 7) is 1.34. The molecule has 21 heavy (non-hydrogen) atoms. The number of halogens is 1. The van der Waals surface area contributed by atoms with E-state index in [0.717, 1.165) is 24.3 Å². The van der Waals surface area contributed by atoms with Crippen molar-refractivity contribution in [3.05, 3.63) is 29.8 Å². The van der Waals surface area contributed by atoms with Gasteiger partial charge in [0.15, 0.2) is 5.82 Å². The Balaban J connectivity index is 1.91. The summed E-state index contributed by atoms with van der Waals surface area (Å²) >= 11 is 0. The molecule has 0 fully saturated rings. The molecule has 1 aromatic heterocycles. The summed E-state index contributed by atoms with van der Waals surface area (Å²) in [7, 11) is 3.72. The first-order valence-corrected chi connectivity index (χ1v) is 7.14. The van der Waals surface area contributed by atoms with Gasteiger partial charge in [-0.2, -0.15) is 0 Å². The molecule has 6 heteroatoms. The Hall–Kier alpha value is -1.95. The Morgan fingerprint density at radius 2 is 2.19 bits per heavy atom. The molecule has 0 saturated carbocycles. The number of carbonyl (C=O) groups is 1. The maximum atomic E-state index is 13.7. The number of rotatable bonds is 7. The molecular weight excluding hydrogens is 271 g/mol. The molecule has 114 valence electrons. The van der Waals surface area contributed by atoms with Crippen LogP contribution in [0.4, 0.5) is 4.39 Å². The molecule has 1 aromatic carbocycles. The van der Waals surface area contributed by atoms with Gasteiger partial charge in [-0.15, -0.1) is 0 Å². The van der Waals surface area contributed by atoms with Gasteiger partial charge in [0.2, 0.25) is 5.91 Å². The number of aryl methyl sites for hydroxylation is 1. The van der Waals surface area contributed by atoms with E-state index in [0.29, 0.717) is 24.9 Å². The number of nitrogens with one attached hydrogen (secondary N) is 2. The number of para-hydroxylation sites is 1. The second-order valence-electron chi connectivity index (χ2n) is 5.00. The minimum atomic E-state index is -0.314. The van der Waals surface area contributed by atoms with Crippen molar-refractivity contribution in [2.24, 2.45) is 7.05 Å². The summed E-state index contributed by atoms with van der Waals surface area (Å²) in [5.41, 5.74) is 1.15. The highest BCUT2D eigenvalue weighted by Crippen LogP contribution is 2.17. The van der Waals surface area contributed by atoms with Crippen molar-refractivity contribution in [3.63, 3.8) is 0 Å². The van der Waals surface area contributed by atoms with Gasteiger partial charge in [0.25, 0.3) is 0 Å². The van der Waals surface area contributed by atoms with Gasteiger partial charge < -0.3 is 15.2 Å². The van der Waals surface area contributed by atoms with E-state index in [2.05, 4.69) is 15.6 Å². The zero-order chi connectivity index (χ0) is 15.2. The number of hydrogen-bond donors (Lipinski definition) is 2. The SMILES string of the molecule is CNCCCC(=O)NCCc1nc2c(F)cccc2n1C. The zero-order valence-corrected chi connectivity index (χ0v) is 12.4. The third-order valence-electron chi connectivity index (χ3n) is 3.46. The van der Waals surface area contributed by atoms with Gasteiger partial charge in [-0.1, -0.05) is 6.07 Å². The first-order valence-electron chi connectivity index (χ1n) is 7.14. The fourth-order valence-corrected chi connectivity index (χ4v) is 2.28. The molecule has 0 aliphatic rings. The molecule has 2 aromatic rings. The van der Waals surface area contributed by atoms with Crippen molar-refractivity contribution in [2.75, 3.05) is 20.1 Å². The Kier molecular flexibility index (Phi) is 5.27. The molecule has 0 radical (unpaired) electrons. The Morgan fingerprint density at radius 1 is 1.38 bits per heavy atom. The summed E-state index contributed by atoms with van der Waals surface area (Å²) in [4.78, 5) is 15.9. The van der Waals surface area contributed by atoms with Crippen molar-refractivity contribution in [2.45, 2.75) is 19.3 Å². The van der Waals surface area contributed by atoms with Crippen LogP contribution >= 0.6 is 0 Å². The lowest BCUT2D eigenvalue weighted by molar-refractivity contribution is -0.121. The smallest absolute Gasteiger partial charge is 0.220 e. The highest BCUT2D eigenvalue weighted by molar-refractivity contribution is 5.77. The van der Waals surface area contributed by atoms with Crippen LogP contribution in [-0.2, 0) is 18.3 Å². The zero-order valence-electron chi connectivity index (χ0n) is 12.4. The third-order valence-corrected chi connectivity index (χ3v) is 3.46. The number of fused-ring (bicyclic) bond motifs is 1. The third kappa shape index (κ3) is 3.78. The number of benzene rings is 1. The Bertz CT molecular complexity index is 623. The lowest BCUT2D eigenvalue weighted by atomic mass is 10.3. The van der Waals surface area contributed by atoms with Crippen LogP contribution in [0.15, 0.2) is 18.2 Å². The average Bonchev–Trinajstić information content (AvgIpc) is 2.78. The normalized spacial score (nSPS) is 11.0. The summed E-state index contributed by atoms with van der Waals surface area (Å²) in [5.74, 6) is 0.492. The number of amides is 1. The van der Waals surface area contributed by atoms with Crippen LogP contribution in [0.1, 0.15) is 18.7 Å². The Labute approximate surface area is 123 Å². The fraction of sp³-hybridized carbons (Fsp3) is 0.467. The van der Waals surface area contributed by atoms with Crippen LogP contribution in [0.3, 0.4) is 0 Å². The van der Waals surface area contributed by atoms with Crippen LogP contribution < -0.4 is 10.6 Å². The molecule has 2 N–H and O–H groups in total. The molecular formula is C15H21FN4O. The minimum Gasteiger partial charge on any atom is -0.356 e. The number of carbonyl (C=O) groups excluding carboxylic acids is 1. The van der Waals surface area contributed by atoms with Gasteiger partial charge in [-0.25, -0.2) is 9.37 Å². The van der Waals surface area contributed by atoms with E-state index in [4.69, 9.17) is 0 Å². The molecule has 0 aliphatic heterocycles. The molecule has 0 atom stereocenters. The van der Waals surface area contributed by atoms with E-state index in [1.54, 1.807) is 6.07 Å². The van der Waals surface area contributed by atoms with Crippen molar-refractivity contribution in [1.29, 1.82) is 0 Å². The molecule has 0 aliphatic carbocycles. The second kappa shape index (κ2) is 7.17. The number of aromatic nitrogens is 2. The van der Waals surface area contributed by atoms with E-state index in [9.17, 15) is 9.18 Å². The summed E-state index contributed by atoms with van der Waals surface area (Å²) < 4.78 is 15.5. The second-order valence-corrected chi connectivity index (χ2v) is 5.00. The summed E-state index contributed by atoms with van der Waals surface area (Å²) in [6, 6.07) is 4.92. The lowest BCUT2D eigenvalue weighted by Gasteiger charge is -2.05. The largest absolute Gasteiger partial charge is 0.356 e. The van der Waals surface area contributed by atoms with E-state index in [1.165, 1.54) is 6.07 Å². The standard InChI is InChI=1S/C15H21FN4O/c1-17-9-4-7-14(21)18-10-8-13-19-15-11(16)5-3-6-12(15)20(13)2/h3,5-6,17H,4,7-10H2,1-2H3,(H,18,21). The van der Waals surface area contributed by atoms with E-state index < -0.39 is 0 Å². The number of imidazole rings is 1. The van der Waals surface area contributed by atoms with Crippen LogP contribution in [0, 0.1) is 5.82 Å². The first kappa shape index (κ1) is 15.4. The molecule has 1 amide bonds. The molecule has 1 heterocycles. The predicted molar refractivity (Wildman–Crippen MR) is 80.5 cm³/mol. The van der Waals surface area contributed by atoms with Gasteiger partial charge >= 0.3 is 0 Å². The summed E-state index contributed by atoms with van der Waals surface area (Å²) in [5, 5.41) is 5.87. The van der Waals surface area contributed by atoms with E-state index in [-0.39, 0.29) is 11.7 Å². The highest BCUT2D eigenvalue weighted by Gasteiger charge is 2.11. The van der Waals surface area contributed by atoms with Gasteiger partial charge in [-0.05, 0) is 32.1 Å². The number of nitrogens with zero attached hydrogens (tertiary/aromatic N) is 2. The lowest BCUT2D eigenvalue weighted by Crippen LogP contribution is -2.26. The maximum absolute atomic E-state index is 13.7. The van der Waals surface area contributed by atoms with E-state index >= 15 is 0 Å². The molecule has 0 bridgehead atoms. The molecule has 0 saturated heterocycles. The molecule has 0 unspecified atom stereocenters. The van der Waals surface area contributed by atoms with Crippen molar-refractivity contribution < 1.29 is 9.18 Å². The Morgan fingerprint density at radius 3 is 2.90 bits per heavy atom. The monoisotopic (exact) mass is 292 g/mol. The van der Waals surface area contributed by atoms with Crippen LogP contribution in [0.2, 0.25) is 0 Å². The molecule has 5 nitrogen and oxygen atoms in total.